The third-order valence-electron chi connectivity index (χ3n) is 2.83. The van der Waals surface area contributed by atoms with Gasteiger partial charge in [0, 0.05) is 12.3 Å². The van der Waals surface area contributed by atoms with Crippen molar-refractivity contribution in [3.05, 3.63) is 36.0 Å². The highest BCUT2D eigenvalue weighted by molar-refractivity contribution is 7.90. The SMILES string of the molecule is COc1cc(C)cc(NC(=O)NS(=O)(=O)c2ncccc2OC(F)F)n1. The van der Waals surface area contributed by atoms with Crippen LogP contribution in [0.25, 0.3) is 0 Å². The molecule has 0 fully saturated rings. The summed E-state index contributed by atoms with van der Waals surface area (Å²) >= 11 is 0. The standard InChI is InChI=1S/C14H14F2N4O5S/c1-8-6-10(18-11(7-8)24-2)19-14(21)20-26(22,23)12-9(25-13(15)16)4-3-5-17-12/h3-7,13H,1-2H3,(H2,18,19,20,21). The number of methoxy groups -OCH3 is 1. The van der Waals surface area contributed by atoms with Crippen molar-refractivity contribution in [2.45, 2.75) is 18.6 Å². The van der Waals surface area contributed by atoms with Crippen LogP contribution >= 0.6 is 0 Å². The highest BCUT2D eigenvalue weighted by Gasteiger charge is 2.25. The third-order valence-corrected chi connectivity index (χ3v) is 4.10. The van der Waals surface area contributed by atoms with Crippen LogP contribution < -0.4 is 19.5 Å². The molecule has 140 valence electrons. The van der Waals surface area contributed by atoms with Crippen LogP contribution in [0.1, 0.15) is 5.56 Å². The van der Waals surface area contributed by atoms with E-state index in [1.807, 2.05) is 0 Å². The fourth-order valence-corrected chi connectivity index (χ4v) is 2.85. The number of nitrogens with zero attached hydrogens (tertiary/aromatic N) is 2. The molecule has 2 heterocycles. The first-order valence-electron chi connectivity index (χ1n) is 6.97. The zero-order valence-electron chi connectivity index (χ0n) is 13.6. The van der Waals surface area contributed by atoms with Crippen LogP contribution in [0.4, 0.5) is 19.4 Å². The quantitative estimate of drug-likeness (QED) is 0.776. The van der Waals surface area contributed by atoms with Crippen LogP contribution in [-0.4, -0.2) is 38.1 Å². The monoisotopic (exact) mass is 388 g/mol. The molecule has 0 aromatic carbocycles. The number of carbonyl (C=O) groups is 1. The van der Waals surface area contributed by atoms with E-state index in [0.717, 1.165) is 12.3 Å². The zero-order chi connectivity index (χ0) is 19.3. The molecule has 2 aromatic heterocycles. The molecule has 2 aromatic rings. The van der Waals surface area contributed by atoms with Gasteiger partial charge in [0.2, 0.25) is 10.9 Å². The van der Waals surface area contributed by atoms with Crippen molar-refractivity contribution >= 4 is 21.9 Å². The summed E-state index contributed by atoms with van der Waals surface area (Å²) < 4.78 is 59.9. The van der Waals surface area contributed by atoms with Gasteiger partial charge in [-0.1, -0.05) is 0 Å². The van der Waals surface area contributed by atoms with E-state index >= 15 is 0 Å². The van der Waals surface area contributed by atoms with Gasteiger partial charge in [-0.05, 0) is 30.7 Å². The first kappa shape index (κ1) is 19.3. The van der Waals surface area contributed by atoms with E-state index in [1.165, 1.54) is 19.2 Å². The number of rotatable bonds is 6. The van der Waals surface area contributed by atoms with Crippen molar-refractivity contribution in [3.8, 4) is 11.6 Å². The third kappa shape index (κ3) is 4.99. The molecule has 2 rings (SSSR count). The van der Waals surface area contributed by atoms with Crippen molar-refractivity contribution in [1.82, 2.24) is 14.7 Å². The highest BCUT2D eigenvalue weighted by atomic mass is 32.2. The summed E-state index contributed by atoms with van der Waals surface area (Å²) in [6.07, 6.45) is 1.05. The number of ether oxygens (including phenoxy) is 2. The minimum Gasteiger partial charge on any atom is -0.481 e. The number of carbonyl (C=O) groups excluding carboxylic acids is 1. The number of anilines is 1. The first-order valence-corrected chi connectivity index (χ1v) is 8.46. The topological polar surface area (TPSA) is 120 Å². The molecule has 0 bridgehead atoms. The van der Waals surface area contributed by atoms with Gasteiger partial charge in [0.05, 0.1) is 7.11 Å². The van der Waals surface area contributed by atoms with Crippen LogP contribution in [0.2, 0.25) is 0 Å². The molecule has 9 nitrogen and oxygen atoms in total. The van der Waals surface area contributed by atoms with E-state index in [-0.39, 0.29) is 11.7 Å². The number of hydrogen-bond donors (Lipinski definition) is 2. The smallest absolute Gasteiger partial charge is 0.387 e. The Bertz CT molecular complexity index is 908. The van der Waals surface area contributed by atoms with Crippen LogP contribution in [-0.2, 0) is 10.0 Å². The molecule has 26 heavy (non-hydrogen) atoms. The summed E-state index contributed by atoms with van der Waals surface area (Å²) in [4.78, 5) is 19.4. The summed E-state index contributed by atoms with van der Waals surface area (Å²) in [6.45, 7) is -1.54. The number of halogens is 2. The van der Waals surface area contributed by atoms with Crippen LogP contribution in [0.3, 0.4) is 0 Å². The highest BCUT2D eigenvalue weighted by Crippen LogP contribution is 2.22. The molecule has 0 unspecified atom stereocenters. The second kappa shape index (κ2) is 7.91. The lowest BCUT2D eigenvalue weighted by atomic mass is 10.3. The molecule has 0 atom stereocenters. The Balaban J connectivity index is 2.19. The van der Waals surface area contributed by atoms with E-state index in [1.54, 1.807) is 17.7 Å². The maximum absolute atomic E-state index is 12.4. The normalized spacial score (nSPS) is 11.1. The number of nitrogens with one attached hydrogen (secondary N) is 2. The summed E-state index contributed by atoms with van der Waals surface area (Å²) in [6, 6.07) is 4.10. The van der Waals surface area contributed by atoms with Gasteiger partial charge in [-0.3, -0.25) is 5.32 Å². The number of hydrogen-bond acceptors (Lipinski definition) is 7. The molecule has 0 aliphatic carbocycles. The second-order valence-corrected chi connectivity index (χ2v) is 6.41. The number of alkyl halides is 2. The molecule has 0 aliphatic rings. The number of amides is 2. The maximum Gasteiger partial charge on any atom is 0.387 e. The molecule has 2 N–H and O–H groups in total. The van der Waals surface area contributed by atoms with Gasteiger partial charge in [-0.25, -0.2) is 14.5 Å². The maximum atomic E-state index is 12.4. The Hall–Kier alpha value is -3.02. The Kier molecular flexibility index (Phi) is 5.87. The number of urea groups is 1. The van der Waals surface area contributed by atoms with Gasteiger partial charge >= 0.3 is 12.6 Å². The Morgan fingerprint density at radius 2 is 2.04 bits per heavy atom. The lowest BCUT2D eigenvalue weighted by molar-refractivity contribution is -0.0521. The van der Waals surface area contributed by atoms with Crippen molar-refractivity contribution in [2.75, 3.05) is 12.4 Å². The van der Waals surface area contributed by atoms with Crippen molar-refractivity contribution in [1.29, 1.82) is 0 Å². The summed E-state index contributed by atoms with van der Waals surface area (Å²) in [7, 11) is -3.20. The van der Waals surface area contributed by atoms with Gasteiger partial charge in [-0.15, -0.1) is 0 Å². The predicted molar refractivity (Wildman–Crippen MR) is 85.7 cm³/mol. The van der Waals surface area contributed by atoms with Crippen molar-refractivity contribution < 1.29 is 31.5 Å². The van der Waals surface area contributed by atoms with Crippen LogP contribution in [0.15, 0.2) is 35.5 Å². The van der Waals surface area contributed by atoms with Gasteiger partial charge < -0.3 is 9.47 Å². The Morgan fingerprint density at radius 1 is 1.31 bits per heavy atom. The van der Waals surface area contributed by atoms with Gasteiger partial charge in [0.1, 0.15) is 5.82 Å². The molecular formula is C14H14F2N4O5S. The molecule has 0 radical (unpaired) electrons. The Morgan fingerprint density at radius 3 is 2.69 bits per heavy atom. The van der Waals surface area contributed by atoms with Crippen LogP contribution in [0.5, 0.6) is 11.6 Å². The number of pyridine rings is 2. The van der Waals surface area contributed by atoms with Gasteiger partial charge in [0.15, 0.2) is 5.75 Å². The van der Waals surface area contributed by atoms with Gasteiger partial charge in [-0.2, -0.15) is 22.2 Å². The number of aryl methyl sites for hydroxylation is 1. The minimum absolute atomic E-state index is 0.0274. The number of sulfonamides is 1. The first-order chi connectivity index (χ1) is 12.2. The molecule has 0 saturated carbocycles. The molecule has 0 spiro atoms. The zero-order valence-corrected chi connectivity index (χ0v) is 14.4. The Labute approximate surface area is 147 Å². The van der Waals surface area contributed by atoms with E-state index in [0.29, 0.717) is 5.56 Å². The minimum atomic E-state index is -4.57. The fraction of sp³-hybridized carbons (Fsp3) is 0.214. The van der Waals surface area contributed by atoms with Crippen LogP contribution in [0, 0.1) is 6.92 Å². The molecule has 12 heteroatoms. The largest absolute Gasteiger partial charge is 0.481 e. The van der Waals surface area contributed by atoms with Crippen molar-refractivity contribution in [3.63, 3.8) is 0 Å². The summed E-state index contributed by atoms with van der Waals surface area (Å²) in [5.41, 5.74) is 0.701. The fourth-order valence-electron chi connectivity index (χ4n) is 1.88. The average Bonchev–Trinajstić information content (AvgIpc) is 2.53. The lowest BCUT2D eigenvalue weighted by Gasteiger charge is -2.12. The lowest BCUT2D eigenvalue weighted by Crippen LogP contribution is -2.35. The molecule has 0 saturated heterocycles. The van der Waals surface area contributed by atoms with E-state index < -0.39 is 33.4 Å². The predicted octanol–water partition coefficient (Wildman–Crippen LogP) is 1.91. The second-order valence-electron chi connectivity index (χ2n) is 4.82. The molecule has 0 aliphatic heterocycles. The van der Waals surface area contributed by atoms with E-state index in [2.05, 4.69) is 20.0 Å². The summed E-state index contributed by atoms with van der Waals surface area (Å²) in [5.74, 6) is -0.460. The summed E-state index contributed by atoms with van der Waals surface area (Å²) in [5, 5.41) is 1.35. The molecular weight excluding hydrogens is 374 g/mol. The average molecular weight is 388 g/mol. The van der Waals surface area contributed by atoms with Gasteiger partial charge in [0.25, 0.3) is 10.0 Å². The van der Waals surface area contributed by atoms with E-state index in [9.17, 15) is 22.0 Å². The van der Waals surface area contributed by atoms with Crippen molar-refractivity contribution in [2.24, 2.45) is 0 Å². The van der Waals surface area contributed by atoms with E-state index in [4.69, 9.17) is 4.74 Å². The molecule has 2 amide bonds. The number of aromatic nitrogens is 2.